The lowest BCUT2D eigenvalue weighted by molar-refractivity contribution is 0.0388. The van der Waals surface area contributed by atoms with E-state index in [0.29, 0.717) is 31.3 Å². The summed E-state index contributed by atoms with van der Waals surface area (Å²) in [6, 6.07) is 17.3. The van der Waals surface area contributed by atoms with Gasteiger partial charge in [-0.25, -0.2) is 4.98 Å². The van der Waals surface area contributed by atoms with Gasteiger partial charge >= 0.3 is 0 Å². The second-order valence-electron chi connectivity index (χ2n) is 5.94. The lowest BCUT2D eigenvalue weighted by Crippen LogP contribution is -2.52. The van der Waals surface area contributed by atoms with Gasteiger partial charge in [-0.1, -0.05) is 30.3 Å². The second kappa shape index (κ2) is 6.28. The number of aromatic nitrogens is 2. The molecule has 1 amide bonds. The first-order valence-electron chi connectivity index (χ1n) is 7.98. The number of hydrogen-bond donors (Lipinski definition) is 0. The van der Waals surface area contributed by atoms with Crippen molar-refractivity contribution in [1.82, 2.24) is 14.9 Å². The molecule has 1 saturated heterocycles. The number of hydrogen-bond acceptors (Lipinski definition) is 4. The summed E-state index contributed by atoms with van der Waals surface area (Å²) in [5, 5.41) is 0. The molecule has 2 aromatic carbocycles. The molecule has 3 aromatic rings. The van der Waals surface area contributed by atoms with Crippen molar-refractivity contribution in [2.24, 2.45) is 5.92 Å². The number of fused-ring (bicyclic) bond motifs is 1. The highest BCUT2D eigenvalue weighted by Crippen LogP contribution is 2.20. The molecule has 5 heteroatoms. The Morgan fingerprint density at radius 2 is 1.75 bits per heavy atom. The maximum atomic E-state index is 12.5. The van der Waals surface area contributed by atoms with Crippen LogP contribution in [0.4, 0.5) is 0 Å². The Labute approximate surface area is 139 Å². The van der Waals surface area contributed by atoms with Gasteiger partial charge in [-0.05, 0) is 24.3 Å². The van der Waals surface area contributed by atoms with Crippen LogP contribution in [-0.2, 0) is 0 Å². The number of nitrogens with zero attached hydrogens (tertiary/aromatic N) is 3. The highest BCUT2D eigenvalue weighted by molar-refractivity contribution is 5.94. The Hall–Kier alpha value is -2.95. The van der Waals surface area contributed by atoms with Crippen molar-refractivity contribution in [3.8, 4) is 5.75 Å². The fourth-order valence-corrected chi connectivity index (χ4v) is 2.79. The largest absolute Gasteiger partial charge is 0.493 e. The van der Waals surface area contributed by atoms with Gasteiger partial charge in [-0.3, -0.25) is 9.78 Å². The quantitative estimate of drug-likeness (QED) is 0.742. The molecule has 0 spiro atoms. The van der Waals surface area contributed by atoms with Gasteiger partial charge in [0.25, 0.3) is 5.91 Å². The summed E-state index contributed by atoms with van der Waals surface area (Å²) in [5.74, 6) is 1.16. The van der Waals surface area contributed by atoms with E-state index in [4.69, 9.17) is 4.74 Å². The minimum atomic E-state index is -0.0655. The third-order valence-electron chi connectivity index (χ3n) is 4.14. The van der Waals surface area contributed by atoms with Gasteiger partial charge in [0.2, 0.25) is 0 Å². The van der Waals surface area contributed by atoms with E-state index >= 15 is 0 Å². The third kappa shape index (κ3) is 2.93. The molecule has 0 bridgehead atoms. The molecule has 1 aliphatic rings. The van der Waals surface area contributed by atoms with Crippen LogP contribution in [0.3, 0.4) is 0 Å². The maximum Gasteiger partial charge on any atom is 0.274 e. The zero-order valence-electron chi connectivity index (χ0n) is 13.1. The Bertz CT molecular complexity index is 861. The van der Waals surface area contributed by atoms with Crippen LogP contribution in [-0.4, -0.2) is 40.5 Å². The van der Waals surface area contributed by atoms with Crippen LogP contribution >= 0.6 is 0 Å². The smallest absolute Gasteiger partial charge is 0.274 e. The number of rotatable bonds is 4. The molecule has 0 radical (unpaired) electrons. The molecule has 0 aliphatic carbocycles. The van der Waals surface area contributed by atoms with E-state index in [0.717, 1.165) is 16.8 Å². The normalized spacial score (nSPS) is 14.4. The zero-order chi connectivity index (χ0) is 16.4. The Balaban J connectivity index is 1.35. The molecule has 120 valence electrons. The number of carbonyl (C=O) groups is 1. The minimum absolute atomic E-state index is 0.0655. The molecule has 5 nitrogen and oxygen atoms in total. The van der Waals surface area contributed by atoms with Gasteiger partial charge in [0, 0.05) is 19.0 Å². The molecule has 4 rings (SSSR count). The average molecular weight is 319 g/mol. The van der Waals surface area contributed by atoms with Crippen molar-refractivity contribution < 1.29 is 9.53 Å². The van der Waals surface area contributed by atoms with E-state index in [9.17, 15) is 4.79 Å². The van der Waals surface area contributed by atoms with Crippen LogP contribution < -0.4 is 4.74 Å². The van der Waals surface area contributed by atoms with Gasteiger partial charge in [-0.2, -0.15) is 0 Å². The minimum Gasteiger partial charge on any atom is -0.493 e. The number of benzene rings is 2. The van der Waals surface area contributed by atoms with E-state index in [1.165, 1.54) is 0 Å². The van der Waals surface area contributed by atoms with Crippen LogP contribution in [0.2, 0.25) is 0 Å². The first-order valence-corrected chi connectivity index (χ1v) is 7.98. The van der Waals surface area contributed by atoms with Gasteiger partial charge in [0.15, 0.2) is 0 Å². The van der Waals surface area contributed by atoms with Crippen LogP contribution in [0.1, 0.15) is 10.5 Å². The fourth-order valence-electron chi connectivity index (χ4n) is 2.79. The lowest BCUT2D eigenvalue weighted by atomic mass is 10.0. The highest BCUT2D eigenvalue weighted by Gasteiger charge is 2.32. The molecule has 0 unspecified atom stereocenters. The van der Waals surface area contributed by atoms with Crippen molar-refractivity contribution in [3.63, 3.8) is 0 Å². The molecule has 0 atom stereocenters. The van der Waals surface area contributed by atoms with E-state index in [1.54, 1.807) is 11.1 Å². The van der Waals surface area contributed by atoms with Crippen LogP contribution in [0, 0.1) is 5.92 Å². The predicted molar refractivity (Wildman–Crippen MR) is 90.9 cm³/mol. The molecule has 1 fully saturated rings. The second-order valence-corrected chi connectivity index (χ2v) is 5.94. The first-order chi connectivity index (χ1) is 11.8. The molecular formula is C19H17N3O2. The predicted octanol–water partition coefficient (Wildman–Crippen LogP) is 2.78. The fraction of sp³-hybridized carbons (Fsp3) is 0.211. The molecule has 1 aromatic heterocycles. The lowest BCUT2D eigenvalue weighted by Gasteiger charge is -2.38. The summed E-state index contributed by atoms with van der Waals surface area (Å²) in [5.41, 5.74) is 1.94. The molecule has 2 heterocycles. The van der Waals surface area contributed by atoms with Gasteiger partial charge in [0.05, 0.1) is 23.8 Å². The molecule has 24 heavy (non-hydrogen) atoms. The highest BCUT2D eigenvalue weighted by atomic mass is 16.5. The number of carbonyl (C=O) groups excluding carboxylic acids is 1. The summed E-state index contributed by atoms with van der Waals surface area (Å²) in [6.45, 7) is 2.01. The van der Waals surface area contributed by atoms with Gasteiger partial charge in [0.1, 0.15) is 11.4 Å². The summed E-state index contributed by atoms with van der Waals surface area (Å²) < 4.78 is 5.74. The van der Waals surface area contributed by atoms with Crippen LogP contribution in [0.5, 0.6) is 5.75 Å². The van der Waals surface area contributed by atoms with Gasteiger partial charge < -0.3 is 9.64 Å². The standard InChI is InChI=1S/C19H17N3O2/c23-19(18-10-20-16-8-4-5-9-17(16)21-18)22-11-14(12-22)13-24-15-6-2-1-3-7-15/h1-10,14H,11-13H2. The number of likely N-dealkylation sites (tertiary alicyclic amines) is 1. The summed E-state index contributed by atoms with van der Waals surface area (Å²) >= 11 is 0. The molecular weight excluding hydrogens is 302 g/mol. The average Bonchev–Trinajstić information content (AvgIpc) is 2.60. The van der Waals surface area contributed by atoms with Crippen molar-refractivity contribution in [3.05, 3.63) is 66.5 Å². The van der Waals surface area contributed by atoms with Crippen molar-refractivity contribution in [1.29, 1.82) is 0 Å². The van der Waals surface area contributed by atoms with Crippen molar-refractivity contribution in [2.75, 3.05) is 19.7 Å². The molecule has 1 aliphatic heterocycles. The Kier molecular flexibility index (Phi) is 3.83. The monoisotopic (exact) mass is 319 g/mol. The summed E-state index contributed by atoms with van der Waals surface area (Å²) in [7, 11) is 0. The summed E-state index contributed by atoms with van der Waals surface area (Å²) in [4.78, 5) is 23.0. The van der Waals surface area contributed by atoms with E-state index in [2.05, 4.69) is 9.97 Å². The van der Waals surface area contributed by atoms with Crippen molar-refractivity contribution >= 4 is 16.9 Å². The van der Waals surface area contributed by atoms with E-state index in [-0.39, 0.29) is 5.91 Å². The maximum absolute atomic E-state index is 12.5. The number of para-hydroxylation sites is 3. The van der Waals surface area contributed by atoms with Crippen LogP contribution in [0.15, 0.2) is 60.8 Å². The topological polar surface area (TPSA) is 55.3 Å². The zero-order valence-corrected chi connectivity index (χ0v) is 13.1. The number of amides is 1. The third-order valence-corrected chi connectivity index (χ3v) is 4.14. The van der Waals surface area contributed by atoms with Crippen molar-refractivity contribution in [2.45, 2.75) is 0 Å². The number of ether oxygens (including phenoxy) is 1. The molecule has 0 N–H and O–H groups in total. The Morgan fingerprint density at radius 3 is 2.54 bits per heavy atom. The van der Waals surface area contributed by atoms with Gasteiger partial charge in [-0.15, -0.1) is 0 Å². The Morgan fingerprint density at radius 1 is 1.04 bits per heavy atom. The SMILES string of the molecule is O=C(c1cnc2ccccc2n1)N1CC(COc2ccccc2)C1. The van der Waals surface area contributed by atoms with Crippen LogP contribution in [0.25, 0.3) is 11.0 Å². The first kappa shape index (κ1) is 14.6. The van der Waals surface area contributed by atoms with E-state index in [1.807, 2.05) is 54.6 Å². The van der Waals surface area contributed by atoms with E-state index < -0.39 is 0 Å². The summed E-state index contributed by atoms with van der Waals surface area (Å²) in [6.07, 6.45) is 1.55. The molecule has 0 saturated carbocycles.